The van der Waals surface area contributed by atoms with E-state index in [2.05, 4.69) is 22.4 Å². The molecule has 2 heterocycles. The molecule has 1 saturated heterocycles. The highest BCUT2D eigenvalue weighted by Gasteiger charge is 2.51. The van der Waals surface area contributed by atoms with Crippen molar-refractivity contribution in [3.05, 3.63) is 11.7 Å². The third-order valence-electron chi connectivity index (χ3n) is 3.75. The maximum atomic E-state index is 13.7. The minimum Gasteiger partial charge on any atom is -0.336 e. The molecule has 1 aromatic heterocycles. The average molecular weight is 262 g/mol. The van der Waals surface area contributed by atoms with Crippen LogP contribution >= 0.6 is 12.4 Å². The predicted octanol–water partition coefficient (Wildman–Crippen LogP) is 2.09. The van der Waals surface area contributed by atoms with Crippen LogP contribution < -0.4 is 5.32 Å². The molecular formula is C11H17ClFN3O. The molecule has 0 aromatic carbocycles. The quantitative estimate of drug-likeness (QED) is 0.886. The van der Waals surface area contributed by atoms with Gasteiger partial charge in [-0.1, -0.05) is 12.1 Å². The molecule has 96 valence electrons. The van der Waals surface area contributed by atoms with Gasteiger partial charge in [0.1, 0.15) is 0 Å². The summed E-state index contributed by atoms with van der Waals surface area (Å²) < 4.78 is 18.8. The van der Waals surface area contributed by atoms with Crippen molar-refractivity contribution in [3.63, 3.8) is 0 Å². The fourth-order valence-electron chi connectivity index (χ4n) is 2.18. The summed E-state index contributed by atoms with van der Waals surface area (Å²) >= 11 is 0. The Hall–Kier alpha value is -0.680. The zero-order chi connectivity index (χ0) is 11.2. The van der Waals surface area contributed by atoms with E-state index in [0.717, 1.165) is 25.9 Å². The lowest BCUT2D eigenvalue weighted by Gasteiger charge is -2.30. The van der Waals surface area contributed by atoms with Crippen LogP contribution in [0.3, 0.4) is 0 Å². The van der Waals surface area contributed by atoms with Crippen LogP contribution in [0.2, 0.25) is 0 Å². The highest BCUT2D eigenvalue weighted by atomic mass is 35.5. The van der Waals surface area contributed by atoms with Gasteiger partial charge in [0.05, 0.1) is 0 Å². The summed E-state index contributed by atoms with van der Waals surface area (Å²) in [5, 5.41) is 7.26. The average Bonchev–Trinajstić information content (AvgIpc) is 2.84. The number of hydrogen-bond acceptors (Lipinski definition) is 4. The summed E-state index contributed by atoms with van der Waals surface area (Å²) in [6, 6.07) is 0. The van der Waals surface area contributed by atoms with E-state index in [1.807, 2.05) is 0 Å². The molecule has 1 aliphatic carbocycles. The fourth-order valence-corrected chi connectivity index (χ4v) is 2.18. The van der Waals surface area contributed by atoms with Gasteiger partial charge in [0, 0.05) is 5.41 Å². The molecule has 2 aliphatic rings. The van der Waals surface area contributed by atoms with Crippen molar-refractivity contribution in [1.29, 1.82) is 0 Å². The van der Waals surface area contributed by atoms with Gasteiger partial charge < -0.3 is 9.84 Å². The zero-order valence-electron chi connectivity index (χ0n) is 9.83. The molecule has 0 radical (unpaired) electrons. The van der Waals surface area contributed by atoms with Gasteiger partial charge in [0.2, 0.25) is 0 Å². The number of piperidine rings is 1. The Labute approximate surface area is 106 Å². The smallest absolute Gasteiger partial charge is 0.264 e. The first-order chi connectivity index (χ1) is 7.62. The first-order valence-corrected chi connectivity index (χ1v) is 5.87. The van der Waals surface area contributed by atoms with Gasteiger partial charge >= 0.3 is 0 Å². The molecule has 1 aliphatic heterocycles. The van der Waals surface area contributed by atoms with Gasteiger partial charge in [0.15, 0.2) is 11.5 Å². The van der Waals surface area contributed by atoms with Crippen LogP contribution in [0.1, 0.15) is 44.3 Å². The van der Waals surface area contributed by atoms with Crippen molar-refractivity contribution in [2.45, 2.75) is 43.7 Å². The van der Waals surface area contributed by atoms with Crippen molar-refractivity contribution in [2.24, 2.45) is 0 Å². The van der Waals surface area contributed by atoms with E-state index in [1.165, 1.54) is 0 Å². The third-order valence-corrected chi connectivity index (χ3v) is 3.75. The lowest BCUT2D eigenvalue weighted by molar-refractivity contribution is 0.223. The second-order valence-corrected chi connectivity index (χ2v) is 5.20. The normalized spacial score (nSPS) is 25.1. The molecule has 0 bridgehead atoms. The van der Waals surface area contributed by atoms with E-state index < -0.39 is 5.67 Å². The number of aromatic nitrogens is 2. The van der Waals surface area contributed by atoms with Crippen LogP contribution in [0, 0.1) is 0 Å². The van der Waals surface area contributed by atoms with Gasteiger partial charge in [-0.15, -0.1) is 12.4 Å². The van der Waals surface area contributed by atoms with E-state index in [-0.39, 0.29) is 23.7 Å². The van der Waals surface area contributed by atoms with E-state index in [9.17, 15) is 4.39 Å². The number of alkyl halides is 1. The van der Waals surface area contributed by atoms with E-state index in [0.29, 0.717) is 18.7 Å². The SMILES string of the molecule is CC1(c2noc(C3(F)CC3)n2)CCNCC1.Cl. The summed E-state index contributed by atoms with van der Waals surface area (Å²) in [7, 11) is 0. The Bertz CT molecular complexity index is 399. The molecule has 0 atom stereocenters. The molecule has 0 amide bonds. The molecule has 0 spiro atoms. The zero-order valence-corrected chi connectivity index (χ0v) is 10.6. The lowest BCUT2D eigenvalue weighted by atomic mass is 9.80. The lowest BCUT2D eigenvalue weighted by Crippen LogP contribution is -2.38. The Balaban J connectivity index is 0.00000108. The highest BCUT2D eigenvalue weighted by Crippen LogP contribution is 2.49. The third kappa shape index (κ3) is 2.18. The van der Waals surface area contributed by atoms with Crippen LogP contribution in [0.15, 0.2) is 4.52 Å². The van der Waals surface area contributed by atoms with Gasteiger partial charge in [-0.05, 0) is 38.8 Å². The van der Waals surface area contributed by atoms with Gasteiger partial charge in [0.25, 0.3) is 5.89 Å². The highest BCUT2D eigenvalue weighted by molar-refractivity contribution is 5.85. The molecule has 1 N–H and O–H groups in total. The maximum Gasteiger partial charge on any atom is 0.264 e. The standard InChI is InChI=1S/C11H16FN3O.ClH/c1-10(4-6-13-7-5-10)8-14-9(16-15-8)11(12)2-3-11;/h13H,2-7H2,1H3;1H. The first-order valence-electron chi connectivity index (χ1n) is 5.87. The summed E-state index contributed by atoms with van der Waals surface area (Å²) in [6.07, 6.45) is 3.00. The molecular weight excluding hydrogens is 245 g/mol. The molecule has 6 heteroatoms. The number of rotatable bonds is 2. The van der Waals surface area contributed by atoms with Gasteiger partial charge in [-0.2, -0.15) is 4.98 Å². The van der Waals surface area contributed by atoms with Crippen LogP contribution in [0.25, 0.3) is 0 Å². The number of halogens is 2. The van der Waals surface area contributed by atoms with Gasteiger partial charge in [-0.25, -0.2) is 4.39 Å². The Morgan fingerprint density at radius 1 is 1.24 bits per heavy atom. The van der Waals surface area contributed by atoms with Crippen molar-refractivity contribution < 1.29 is 8.91 Å². The van der Waals surface area contributed by atoms with E-state index in [1.54, 1.807) is 0 Å². The molecule has 1 aromatic rings. The van der Waals surface area contributed by atoms with Crippen LogP contribution in [-0.4, -0.2) is 23.2 Å². The molecule has 3 rings (SSSR count). The van der Waals surface area contributed by atoms with Crippen LogP contribution in [0.5, 0.6) is 0 Å². The number of nitrogens with one attached hydrogen (secondary N) is 1. The van der Waals surface area contributed by atoms with E-state index in [4.69, 9.17) is 4.52 Å². The number of nitrogens with zero attached hydrogens (tertiary/aromatic N) is 2. The predicted molar refractivity (Wildman–Crippen MR) is 63.0 cm³/mol. The first kappa shape index (κ1) is 12.8. The molecule has 1 saturated carbocycles. The largest absolute Gasteiger partial charge is 0.336 e. The Morgan fingerprint density at radius 2 is 1.88 bits per heavy atom. The Morgan fingerprint density at radius 3 is 2.47 bits per heavy atom. The summed E-state index contributed by atoms with van der Waals surface area (Å²) in [5.41, 5.74) is -1.37. The maximum absolute atomic E-state index is 13.7. The monoisotopic (exact) mass is 261 g/mol. The molecule has 0 unspecified atom stereocenters. The second-order valence-electron chi connectivity index (χ2n) is 5.20. The van der Waals surface area contributed by atoms with Crippen LogP contribution in [-0.2, 0) is 11.1 Å². The van der Waals surface area contributed by atoms with Crippen molar-refractivity contribution >= 4 is 12.4 Å². The molecule has 17 heavy (non-hydrogen) atoms. The number of hydrogen-bond donors (Lipinski definition) is 1. The molecule has 2 fully saturated rings. The summed E-state index contributed by atoms with van der Waals surface area (Å²) in [6.45, 7) is 4.04. The van der Waals surface area contributed by atoms with Crippen molar-refractivity contribution in [3.8, 4) is 0 Å². The second kappa shape index (κ2) is 4.21. The Kier molecular flexibility index (Phi) is 3.16. The minimum atomic E-state index is -1.31. The fraction of sp³-hybridized carbons (Fsp3) is 0.818. The topological polar surface area (TPSA) is 51.0 Å². The van der Waals surface area contributed by atoms with Crippen molar-refractivity contribution in [2.75, 3.05) is 13.1 Å². The molecule has 4 nitrogen and oxygen atoms in total. The van der Waals surface area contributed by atoms with Crippen LogP contribution in [0.4, 0.5) is 4.39 Å². The van der Waals surface area contributed by atoms with E-state index >= 15 is 0 Å². The van der Waals surface area contributed by atoms with Crippen molar-refractivity contribution in [1.82, 2.24) is 15.5 Å². The minimum absolute atomic E-state index is 0. The summed E-state index contributed by atoms with van der Waals surface area (Å²) in [5.74, 6) is 0.857. The summed E-state index contributed by atoms with van der Waals surface area (Å²) in [4.78, 5) is 4.26. The van der Waals surface area contributed by atoms with Gasteiger partial charge in [-0.3, -0.25) is 0 Å².